The number of piperidine rings is 1. The molecule has 0 bridgehead atoms. The molecule has 2 N–H and O–H groups in total. The van der Waals surface area contributed by atoms with Crippen molar-refractivity contribution in [1.29, 1.82) is 0 Å². The molecule has 0 unspecified atom stereocenters. The van der Waals surface area contributed by atoms with Gasteiger partial charge in [0, 0.05) is 58.0 Å². The van der Waals surface area contributed by atoms with Gasteiger partial charge in [-0.05, 0) is 43.0 Å². The van der Waals surface area contributed by atoms with E-state index in [4.69, 9.17) is 0 Å². The lowest BCUT2D eigenvalue weighted by molar-refractivity contribution is 0.198. The summed E-state index contributed by atoms with van der Waals surface area (Å²) in [6, 6.07) is 18.2. The van der Waals surface area contributed by atoms with Crippen molar-refractivity contribution < 1.29 is 0 Å². The number of hydrogen-bond acceptors (Lipinski definition) is 3. The minimum atomic E-state index is 0. The standard InChI is InChI=1S/C26H35N5.HI/c1-21-6-5-7-23(18-21)20-30-16-12-24(13-17-30)29-26(27-2)28-19-22-8-10-25(11-9-22)31-14-3-4-15-31;/h3-11,18,24H,12-17,19-20H2,1-2H3,(H2,27,28,29);1H. The maximum atomic E-state index is 4.44. The Morgan fingerprint density at radius 3 is 2.38 bits per heavy atom. The Morgan fingerprint density at radius 1 is 1.00 bits per heavy atom. The van der Waals surface area contributed by atoms with Crippen LogP contribution in [0.25, 0.3) is 0 Å². The number of nitrogens with one attached hydrogen (secondary N) is 2. The van der Waals surface area contributed by atoms with Crippen LogP contribution in [-0.2, 0) is 13.1 Å². The third-order valence-corrected chi connectivity index (χ3v) is 6.22. The minimum absolute atomic E-state index is 0. The van der Waals surface area contributed by atoms with E-state index in [1.807, 2.05) is 7.05 Å². The van der Waals surface area contributed by atoms with Gasteiger partial charge in [-0.1, -0.05) is 54.1 Å². The molecule has 0 amide bonds. The number of aryl methyl sites for hydroxylation is 1. The van der Waals surface area contributed by atoms with E-state index < -0.39 is 0 Å². The molecule has 2 aromatic carbocycles. The van der Waals surface area contributed by atoms with Crippen molar-refractivity contribution in [3.63, 3.8) is 0 Å². The SMILES string of the molecule is CN=C(NCc1ccc(N2CC=CC2)cc1)NC1CCN(Cc2cccc(C)c2)CC1.I. The molecule has 1 fully saturated rings. The first kappa shape index (κ1) is 24.6. The van der Waals surface area contributed by atoms with E-state index in [9.17, 15) is 0 Å². The Labute approximate surface area is 210 Å². The zero-order valence-corrected chi connectivity index (χ0v) is 21.6. The number of nitrogens with zero attached hydrogens (tertiary/aromatic N) is 3. The Kier molecular flexibility index (Phi) is 9.41. The molecule has 2 aliphatic rings. The summed E-state index contributed by atoms with van der Waals surface area (Å²) in [7, 11) is 1.85. The predicted molar refractivity (Wildman–Crippen MR) is 146 cm³/mol. The Balaban J connectivity index is 0.00000289. The van der Waals surface area contributed by atoms with Gasteiger partial charge in [-0.2, -0.15) is 0 Å². The number of aliphatic imine (C=N–C) groups is 1. The summed E-state index contributed by atoms with van der Waals surface area (Å²) < 4.78 is 0. The van der Waals surface area contributed by atoms with E-state index in [0.717, 1.165) is 58.1 Å². The van der Waals surface area contributed by atoms with E-state index in [2.05, 4.69) is 93.0 Å². The van der Waals surface area contributed by atoms with Gasteiger partial charge in [0.05, 0.1) is 0 Å². The van der Waals surface area contributed by atoms with Crippen molar-refractivity contribution in [3.05, 3.63) is 77.4 Å². The van der Waals surface area contributed by atoms with Crippen molar-refractivity contribution in [3.8, 4) is 0 Å². The first-order valence-electron chi connectivity index (χ1n) is 11.4. The predicted octanol–water partition coefficient (Wildman–Crippen LogP) is 4.32. The third-order valence-electron chi connectivity index (χ3n) is 6.22. The molecule has 0 aromatic heterocycles. The molecule has 5 nitrogen and oxygen atoms in total. The van der Waals surface area contributed by atoms with Crippen LogP contribution in [0.2, 0.25) is 0 Å². The van der Waals surface area contributed by atoms with Crippen LogP contribution in [0, 0.1) is 6.92 Å². The van der Waals surface area contributed by atoms with E-state index in [1.54, 1.807) is 0 Å². The zero-order valence-electron chi connectivity index (χ0n) is 19.3. The molecule has 0 aliphatic carbocycles. The highest BCUT2D eigenvalue weighted by Gasteiger charge is 2.20. The lowest BCUT2D eigenvalue weighted by Gasteiger charge is -2.33. The fraction of sp³-hybridized carbons (Fsp3) is 0.423. The highest BCUT2D eigenvalue weighted by atomic mass is 127. The second kappa shape index (κ2) is 12.3. The van der Waals surface area contributed by atoms with Gasteiger partial charge in [0.15, 0.2) is 5.96 Å². The van der Waals surface area contributed by atoms with Gasteiger partial charge < -0.3 is 15.5 Å². The summed E-state index contributed by atoms with van der Waals surface area (Å²) in [5.41, 5.74) is 5.31. The smallest absolute Gasteiger partial charge is 0.191 e. The van der Waals surface area contributed by atoms with E-state index in [1.165, 1.54) is 22.4 Å². The molecule has 2 aliphatic heterocycles. The molecule has 4 rings (SSSR count). The molecule has 0 saturated carbocycles. The van der Waals surface area contributed by atoms with Gasteiger partial charge in [-0.25, -0.2) is 0 Å². The van der Waals surface area contributed by atoms with Gasteiger partial charge in [0.1, 0.15) is 0 Å². The number of rotatable bonds is 6. The number of anilines is 1. The Hall–Kier alpha value is -2.06. The quantitative estimate of drug-likeness (QED) is 0.246. The molecule has 1 saturated heterocycles. The zero-order chi connectivity index (χ0) is 21.5. The molecule has 6 heteroatoms. The van der Waals surface area contributed by atoms with Crippen LogP contribution in [0.3, 0.4) is 0 Å². The number of halogens is 1. The van der Waals surface area contributed by atoms with Gasteiger partial charge >= 0.3 is 0 Å². The Morgan fingerprint density at radius 2 is 1.72 bits per heavy atom. The van der Waals surface area contributed by atoms with Crippen molar-refractivity contribution in [2.45, 2.75) is 38.9 Å². The van der Waals surface area contributed by atoms with Crippen LogP contribution >= 0.6 is 24.0 Å². The molecule has 32 heavy (non-hydrogen) atoms. The van der Waals surface area contributed by atoms with E-state index in [-0.39, 0.29) is 24.0 Å². The van der Waals surface area contributed by atoms with E-state index >= 15 is 0 Å². The molecule has 172 valence electrons. The van der Waals surface area contributed by atoms with Crippen LogP contribution < -0.4 is 15.5 Å². The third kappa shape index (κ3) is 6.97. The topological polar surface area (TPSA) is 42.9 Å². The van der Waals surface area contributed by atoms with Crippen LogP contribution in [0.15, 0.2) is 65.7 Å². The molecule has 0 radical (unpaired) electrons. The fourth-order valence-electron chi connectivity index (χ4n) is 4.39. The first-order chi connectivity index (χ1) is 15.2. The lowest BCUT2D eigenvalue weighted by atomic mass is 10.0. The van der Waals surface area contributed by atoms with Crippen LogP contribution in [0.4, 0.5) is 5.69 Å². The number of hydrogen-bond donors (Lipinski definition) is 2. The average molecular weight is 546 g/mol. The minimum Gasteiger partial charge on any atom is -0.364 e. The number of likely N-dealkylation sites (tertiary alicyclic amines) is 1. The monoisotopic (exact) mass is 545 g/mol. The fourth-order valence-corrected chi connectivity index (χ4v) is 4.39. The van der Waals surface area contributed by atoms with Crippen LogP contribution in [-0.4, -0.2) is 50.1 Å². The van der Waals surface area contributed by atoms with Gasteiger partial charge in [0.25, 0.3) is 0 Å². The van der Waals surface area contributed by atoms with E-state index in [0.29, 0.717) is 6.04 Å². The summed E-state index contributed by atoms with van der Waals surface area (Å²) in [6.07, 6.45) is 6.73. The van der Waals surface area contributed by atoms with Crippen molar-refractivity contribution in [2.24, 2.45) is 4.99 Å². The summed E-state index contributed by atoms with van der Waals surface area (Å²) in [5.74, 6) is 0.893. The molecule has 0 spiro atoms. The van der Waals surface area contributed by atoms with Gasteiger partial charge in [-0.15, -0.1) is 24.0 Å². The summed E-state index contributed by atoms with van der Waals surface area (Å²) >= 11 is 0. The van der Waals surface area contributed by atoms with Crippen molar-refractivity contribution in [2.75, 3.05) is 38.1 Å². The van der Waals surface area contributed by atoms with Crippen molar-refractivity contribution >= 4 is 35.6 Å². The second-order valence-electron chi connectivity index (χ2n) is 8.65. The maximum Gasteiger partial charge on any atom is 0.191 e. The van der Waals surface area contributed by atoms with Crippen LogP contribution in [0.5, 0.6) is 0 Å². The highest BCUT2D eigenvalue weighted by molar-refractivity contribution is 14.0. The van der Waals surface area contributed by atoms with Crippen molar-refractivity contribution in [1.82, 2.24) is 15.5 Å². The first-order valence-corrected chi connectivity index (χ1v) is 11.4. The van der Waals surface area contributed by atoms with Crippen LogP contribution in [0.1, 0.15) is 29.5 Å². The van der Waals surface area contributed by atoms with Gasteiger partial charge in [0.2, 0.25) is 0 Å². The van der Waals surface area contributed by atoms with Gasteiger partial charge in [-0.3, -0.25) is 9.89 Å². The summed E-state index contributed by atoms with van der Waals surface area (Å²) in [6.45, 7) is 8.26. The number of benzene rings is 2. The molecular formula is C26H36IN5. The summed E-state index contributed by atoms with van der Waals surface area (Å²) in [5, 5.41) is 7.10. The largest absolute Gasteiger partial charge is 0.364 e. The molecular weight excluding hydrogens is 509 g/mol. The highest BCUT2D eigenvalue weighted by Crippen LogP contribution is 2.18. The maximum absolute atomic E-state index is 4.44. The molecule has 2 heterocycles. The Bertz CT molecular complexity index is 893. The molecule has 0 atom stereocenters. The lowest BCUT2D eigenvalue weighted by Crippen LogP contribution is -2.48. The number of guanidine groups is 1. The second-order valence-corrected chi connectivity index (χ2v) is 8.65. The normalized spacial score (nSPS) is 17.3. The average Bonchev–Trinajstić information content (AvgIpc) is 3.33. The molecule has 2 aromatic rings. The summed E-state index contributed by atoms with van der Waals surface area (Å²) in [4.78, 5) is 9.36.